The summed E-state index contributed by atoms with van der Waals surface area (Å²) in [6.07, 6.45) is 0.960. The summed E-state index contributed by atoms with van der Waals surface area (Å²) in [4.78, 5) is 1.97. The molecule has 0 saturated heterocycles. The molecule has 1 N–H and O–H groups in total. The standard InChI is InChI=1S/C7H14N4S/c1-8-5-4-6-9-10-7(12-6)11(2)3/h8H,4-5H2,1-3H3. The molecule has 1 heterocycles. The lowest BCUT2D eigenvalue weighted by atomic mass is 10.4. The van der Waals surface area contributed by atoms with Crippen LogP contribution >= 0.6 is 11.3 Å². The molecular weight excluding hydrogens is 172 g/mol. The van der Waals surface area contributed by atoms with E-state index in [0.29, 0.717) is 0 Å². The molecule has 0 bridgehead atoms. The van der Waals surface area contributed by atoms with Crippen molar-refractivity contribution in [3.05, 3.63) is 5.01 Å². The monoisotopic (exact) mass is 186 g/mol. The van der Waals surface area contributed by atoms with Crippen LogP contribution in [0.4, 0.5) is 5.13 Å². The van der Waals surface area contributed by atoms with Gasteiger partial charge in [-0.25, -0.2) is 0 Å². The van der Waals surface area contributed by atoms with E-state index in [2.05, 4.69) is 15.5 Å². The molecule has 1 aromatic rings. The number of nitrogens with zero attached hydrogens (tertiary/aromatic N) is 3. The zero-order valence-corrected chi connectivity index (χ0v) is 8.48. The summed E-state index contributed by atoms with van der Waals surface area (Å²) in [6, 6.07) is 0. The molecule has 0 atom stereocenters. The number of hydrogen-bond donors (Lipinski definition) is 1. The Bertz CT molecular complexity index is 233. The summed E-state index contributed by atoms with van der Waals surface area (Å²) in [7, 11) is 5.89. The first-order valence-corrected chi connectivity index (χ1v) is 4.70. The SMILES string of the molecule is CNCCc1nnc(N(C)C)s1. The Hall–Kier alpha value is -0.680. The van der Waals surface area contributed by atoms with Gasteiger partial charge in [-0.05, 0) is 7.05 Å². The van der Waals surface area contributed by atoms with Gasteiger partial charge in [0.15, 0.2) is 0 Å². The van der Waals surface area contributed by atoms with Crippen molar-refractivity contribution in [1.29, 1.82) is 0 Å². The molecular formula is C7H14N4S. The van der Waals surface area contributed by atoms with Gasteiger partial charge in [0, 0.05) is 27.1 Å². The lowest BCUT2D eigenvalue weighted by Crippen LogP contribution is -2.09. The molecule has 1 rings (SSSR count). The predicted octanol–water partition coefficient (Wildman–Crippen LogP) is 0.366. The second kappa shape index (κ2) is 4.37. The first-order valence-electron chi connectivity index (χ1n) is 3.88. The van der Waals surface area contributed by atoms with E-state index in [4.69, 9.17) is 0 Å². The summed E-state index contributed by atoms with van der Waals surface area (Å²) >= 11 is 1.64. The van der Waals surface area contributed by atoms with Crippen LogP contribution in [-0.2, 0) is 6.42 Å². The Morgan fingerprint density at radius 1 is 1.42 bits per heavy atom. The molecule has 5 heteroatoms. The van der Waals surface area contributed by atoms with Crippen LogP contribution in [0, 0.1) is 0 Å². The van der Waals surface area contributed by atoms with E-state index in [1.54, 1.807) is 11.3 Å². The van der Waals surface area contributed by atoms with E-state index in [-0.39, 0.29) is 0 Å². The third kappa shape index (κ3) is 2.42. The Labute approximate surface area is 76.6 Å². The third-order valence-corrected chi connectivity index (χ3v) is 2.58. The maximum absolute atomic E-state index is 4.06. The number of anilines is 1. The molecule has 0 amide bonds. The molecule has 0 radical (unpaired) electrons. The van der Waals surface area contributed by atoms with E-state index in [9.17, 15) is 0 Å². The molecule has 0 aliphatic carbocycles. The van der Waals surface area contributed by atoms with Crippen LogP contribution in [0.2, 0.25) is 0 Å². The highest BCUT2D eigenvalue weighted by Gasteiger charge is 2.03. The fraction of sp³-hybridized carbons (Fsp3) is 0.714. The van der Waals surface area contributed by atoms with Gasteiger partial charge < -0.3 is 10.2 Å². The highest BCUT2D eigenvalue weighted by molar-refractivity contribution is 7.15. The van der Waals surface area contributed by atoms with Gasteiger partial charge in [0.2, 0.25) is 5.13 Å². The van der Waals surface area contributed by atoms with Crippen LogP contribution in [0.1, 0.15) is 5.01 Å². The molecule has 0 aliphatic heterocycles. The van der Waals surface area contributed by atoms with Crippen molar-refractivity contribution in [2.45, 2.75) is 6.42 Å². The van der Waals surface area contributed by atoms with Gasteiger partial charge in [-0.15, -0.1) is 10.2 Å². The molecule has 68 valence electrons. The van der Waals surface area contributed by atoms with Gasteiger partial charge in [0.05, 0.1) is 0 Å². The van der Waals surface area contributed by atoms with Crippen molar-refractivity contribution in [2.24, 2.45) is 0 Å². The van der Waals surface area contributed by atoms with E-state index in [1.165, 1.54) is 0 Å². The number of rotatable bonds is 4. The Morgan fingerprint density at radius 3 is 2.67 bits per heavy atom. The quantitative estimate of drug-likeness (QED) is 0.737. The zero-order valence-electron chi connectivity index (χ0n) is 7.66. The van der Waals surface area contributed by atoms with Crippen molar-refractivity contribution >= 4 is 16.5 Å². The number of likely N-dealkylation sites (N-methyl/N-ethyl adjacent to an activating group) is 1. The van der Waals surface area contributed by atoms with Crippen molar-refractivity contribution in [2.75, 3.05) is 32.6 Å². The van der Waals surface area contributed by atoms with Crippen LogP contribution in [0.3, 0.4) is 0 Å². The van der Waals surface area contributed by atoms with E-state index in [1.807, 2.05) is 26.0 Å². The van der Waals surface area contributed by atoms with Gasteiger partial charge in [-0.1, -0.05) is 11.3 Å². The fourth-order valence-corrected chi connectivity index (χ4v) is 1.52. The normalized spacial score (nSPS) is 10.2. The zero-order chi connectivity index (χ0) is 8.97. The van der Waals surface area contributed by atoms with Crippen LogP contribution in [0.15, 0.2) is 0 Å². The summed E-state index contributed by atoms with van der Waals surface area (Å²) in [5, 5.41) is 13.2. The van der Waals surface area contributed by atoms with Crippen LogP contribution in [-0.4, -0.2) is 37.9 Å². The molecule has 0 spiro atoms. The van der Waals surface area contributed by atoms with Crippen molar-refractivity contribution < 1.29 is 0 Å². The second-order valence-corrected chi connectivity index (χ2v) is 3.77. The molecule has 0 aromatic carbocycles. The largest absolute Gasteiger partial charge is 0.353 e. The summed E-state index contributed by atoms with van der Waals surface area (Å²) in [5.74, 6) is 0. The molecule has 0 aliphatic rings. The predicted molar refractivity (Wildman–Crippen MR) is 51.9 cm³/mol. The molecule has 0 fully saturated rings. The van der Waals surface area contributed by atoms with Crippen LogP contribution in [0.5, 0.6) is 0 Å². The van der Waals surface area contributed by atoms with Gasteiger partial charge in [0.1, 0.15) is 5.01 Å². The third-order valence-electron chi connectivity index (χ3n) is 1.43. The molecule has 12 heavy (non-hydrogen) atoms. The lowest BCUT2D eigenvalue weighted by Gasteiger charge is -2.03. The second-order valence-electron chi connectivity index (χ2n) is 2.73. The minimum absolute atomic E-state index is 0.960. The summed E-state index contributed by atoms with van der Waals surface area (Å²) in [6.45, 7) is 0.960. The average molecular weight is 186 g/mol. The van der Waals surface area contributed by atoms with Gasteiger partial charge in [-0.3, -0.25) is 0 Å². The maximum Gasteiger partial charge on any atom is 0.207 e. The topological polar surface area (TPSA) is 41.1 Å². The first kappa shape index (κ1) is 9.41. The first-order chi connectivity index (χ1) is 5.74. The molecule has 0 unspecified atom stereocenters. The Morgan fingerprint density at radius 2 is 2.17 bits per heavy atom. The highest BCUT2D eigenvalue weighted by atomic mass is 32.1. The Kier molecular flexibility index (Phi) is 3.43. The lowest BCUT2D eigenvalue weighted by molar-refractivity contribution is 0.778. The highest BCUT2D eigenvalue weighted by Crippen LogP contribution is 2.17. The Balaban J connectivity index is 2.52. The molecule has 1 aromatic heterocycles. The number of aromatic nitrogens is 2. The molecule has 0 saturated carbocycles. The number of nitrogens with one attached hydrogen (secondary N) is 1. The average Bonchev–Trinajstić information content (AvgIpc) is 2.48. The number of hydrogen-bond acceptors (Lipinski definition) is 5. The smallest absolute Gasteiger partial charge is 0.207 e. The van der Waals surface area contributed by atoms with Crippen LogP contribution in [0.25, 0.3) is 0 Å². The minimum Gasteiger partial charge on any atom is -0.353 e. The van der Waals surface area contributed by atoms with Gasteiger partial charge >= 0.3 is 0 Å². The van der Waals surface area contributed by atoms with E-state index in [0.717, 1.165) is 23.1 Å². The molecule has 4 nitrogen and oxygen atoms in total. The van der Waals surface area contributed by atoms with Crippen molar-refractivity contribution in [3.63, 3.8) is 0 Å². The van der Waals surface area contributed by atoms with Crippen LogP contribution < -0.4 is 10.2 Å². The maximum atomic E-state index is 4.06. The van der Waals surface area contributed by atoms with Gasteiger partial charge in [-0.2, -0.15) is 0 Å². The van der Waals surface area contributed by atoms with Crippen molar-refractivity contribution in [1.82, 2.24) is 15.5 Å². The van der Waals surface area contributed by atoms with E-state index < -0.39 is 0 Å². The minimum atomic E-state index is 0.960. The van der Waals surface area contributed by atoms with E-state index >= 15 is 0 Å². The summed E-state index contributed by atoms with van der Waals surface area (Å²) < 4.78 is 0. The fourth-order valence-electron chi connectivity index (χ4n) is 0.758. The van der Waals surface area contributed by atoms with Crippen molar-refractivity contribution in [3.8, 4) is 0 Å². The summed E-state index contributed by atoms with van der Waals surface area (Å²) in [5.41, 5.74) is 0. The van der Waals surface area contributed by atoms with Gasteiger partial charge in [0.25, 0.3) is 0 Å².